The molecule has 0 radical (unpaired) electrons. The normalized spacial score (nSPS) is 10.7. The SMILES string of the molecule is C#CCN(Cc1ccco1)C(=O)Cc1c(C)nn(-c2ccc(Cl)cc2Cl)c1C. The maximum Gasteiger partial charge on any atom is 0.228 e. The number of aryl methyl sites for hydroxylation is 1. The first kappa shape index (κ1) is 20.1. The summed E-state index contributed by atoms with van der Waals surface area (Å²) in [5, 5.41) is 5.60. The van der Waals surface area contributed by atoms with E-state index < -0.39 is 0 Å². The Morgan fingerprint density at radius 3 is 2.75 bits per heavy atom. The van der Waals surface area contributed by atoms with E-state index in [9.17, 15) is 4.79 Å². The summed E-state index contributed by atoms with van der Waals surface area (Å²) in [5.41, 5.74) is 3.16. The number of furan rings is 1. The lowest BCUT2D eigenvalue weighted by Crippen LogP contribution is -2.32. The van der Waals surface area contributed by atoms with E-state index >= 15 is 0 Å². The minimum atomic E-state index is -0.0951. The van der Waals surface area contributed by atoms with Crippen LogP contribution in [0.25, 0.3) is 5.69 Å². The summed E-state index contributed by atoms with van der Waals surface area (Å²) in [4.78, 5) is 14.5. The van der Waals surface area contributed by atoms with Gasteiger partial charge in [-0.2, -0.15) is 5.10 Å². The number of halogens is 2. The first-order valence-corrected chi connectivity index (χ1v) is 9.40. The van der Waals surface area contributed by atoms with Crippen molar-refractivity contribution in [3.63, 3.8) is 0 Å². The van der Waals surface area contributed by atoms with Crippen LogP contribution in [0.1, 0.15) is 22.7 Å². The molecular formula is C21H19Cl2N3O2. The van der Waals surface area contributed by atoms with Gasteiger partial charge in [0, 0.05) is 16.3 Å². The lowest BCUT2D eigenvalue weighted by molar-refractivity contribution is -0.130. The molecule has 0 spiro atoms. The second-order valence-corrected chi connectivity index (χ2v) is 7.21. The Kier molecular flexibility index (Phi) is 6.13. The molecule has 0 atom stereocenters. The van der Waals surface area contributed by atoms with Crippen molar-refractivity contribution in [1.82, 2.24) is 14.7 Å². The summed E-state index contributed by atoms with van der Waals surface area (Å²) in [6.07, 6.45) is 7.20. The summed E-state index contributed by atoms with van der Waals surface area (Å²) in [6.45, 7) is 4.31. The average molecular weight is 416 g/mol. The minimum absolute atomic E-state index is 0.0951. The Hall–Kier alpha value is -2.68. The quantitative estimate of drug-likeness (QED) is 0.553. The molecule has 2 aromatic heterocycles. The molecule has 7 heteroatoms. The van der Waals surface area contributed by atoms with Gasteiger partial charge in [-0.1, -0.05) is 29.1 Å². The molecule has 1 aromatic carbocycles. The van der Waals surface area contributed by atoms with Crippen LogP contribution in [0, 0.1) is 26.2 Å². The molecule has 2 heterocycles. The molecular weight excluding hydrogens is 397 g/mol. The van der Waals surface area contributed by atoms with Gasteiger partial charge in [-0.05, 0) is 44.2 Å². The molecule has 0 saturated carbocycles. The highest BCUT2D eigenvalue weighted by Gasteiger charge is 2.21. The number of rotatable bonds is 6. The third-order valence-electron chi connectivity index (χ3n) is 4.47. The Morgan fingerprint density at radius 2 is 2.11 bits per heavy atom. The molecule has 3 aromatic rings. The van der Waals surface area contributed by atoms with Gasteiger partial charge in [0.2, 0.25) is 5.91 Å². The Morgan fingerprint density at radius 1 is 1.32 bits per heavy atom. The van der Waals surface area contributed by atoms with Gasteiger partial charge in [-0.15, -0.1) is 6.42 Å². The molecule has 28 heavy (non-hydrogen) atoms. The Bertz CT molecular complexity index is 1030. The highest BCUT2D eigenvalue weighted by Crippen LogP contribution is 2.27. The smallest absolute Gasteiger partial charge is 0.228 e. The standard InChI is InChI=1S/C21H19Cl2N3O2/c1-4-9-25(13-17-6-5-10-28-17)21(27)12-18-14(2)24-26(15(18)3)20-8-7-16(22)11-19(20)23/h1,5-8,10-11H,9,12-13H2,2-3H3. The molecule has 0 fully saturated rings. The van der Waals surface area contributed by atoms with Crippen molar-refractivity contribution in [2.24, 2.45) is 0 Å². The Labute approximate surface area is 173 Å². The monoisotopic (exact) mass is 415 g/mol. The third kappa shape index (κ3) is 4.24. The van der Waals surface area contributed by atoms with Crippen LogP contribution in [0.2, 0.25) is 10.0 Å². The van der Waals surface area contributed by atoms with E-state index in [1.54, 1.807) is 40.1 Å². The molecule has 0 aliphatic heterocycles. The number of terminal acetylenes is 1. The van der Waals surface area contributed by atoms with Crippen LogP contribution in [-0.2, 0) is 17.8 Å². The van der Waals surface area contributed by atoms with E-state index in [1.165, 1.54) is 0 Å². The number of nitrogens with zero attached hydrogens (tertiary/aromatic N) is 3. The van der Waals surface area contributed by atoms with Crippen LogP contribution in [0.15, 0.2) is 41.0 Å². The maximum absolute atomic E-state index is 12.9. The molecule has 0 bridgehead atoms. The minimum Gasteiger partial charge on any atom is -0.467 e. The average Bonchev–Trinajstić information content (AvgIpc) is 3.25. The first-order valence-electron chi connectivity index (χ1n) is 8.65. The maximum atomic E-state index is 12.9. The van der Waals surface area contributed by atoms with Crippen molar-refractivity contribution in [2.45, 2.75) is 26.8 Å². The zero-order valence-corrected chi connectivity index (χ0v) is 17.1. The molecule has 3 rings (SSSR count). The topological polar surface area (TPSA) is 51.3 Å². The van der Waals surface area contributed by atoms with E-state index in [0.717, 1.165) is 17.0 Å². The number of hydrogen-bond acceptors (Lipinski definition) is 3. The number of hydrogen-bond donors (Lipinski definition) is 0. The summed E-state index contributed by atoms with van der Waals surface area (Å²) >= 11 is 12.3. The van der Waals surface area contributed by atoms with Gasteiger partial charge < -0.3 is 9.32 Å². The van der Waals surface area contributed by atoms with Crippen molar-refractivity contribution in [1.29, 1.82) is 0 Å². The van der Waals surface area contributed by atoms with Crippen molar-refractivity contribution < 1.29 is 9.21 Å². The van der Waals surface area contributed by atoms with Crippen LogP contribution in [-0.4, -0.2) is 27.1 Å². The molecule has 0 aliphatic rings. The van der Waals surface area contributed by atoms with Crippen molar-refractivity contribution in [2.75, 3.05) is 6.54 Å². The van der Waals surface area contributed by atoms with E-state index in [2.05, 4.69) is 11.0 Å². The first-order chi connectivity index (χ1) is 13.4. The van der Waals surface area contributed by atoms with Crippen LogP contribution < -0.4 is 0 Å². The molecule has 0 aliphatic carbocycles. The predicted octanol–water partition coefficient (Wildman–Crippen LogP) is 4.59. The third-order valence-corrected chi connectivity index (χ3v) is 5.01. The molecule has 1 amide bonds. The van der Waals surface area contributed by atoms with E-state index in [-0.39, 0.29) is 18.9 Å². The van der Waals surface area contributed by atoms with Gasteiger partial charge >= 0.3 is 0 Å². The number of carbonyl (C=O) groups is 1. The van der Waals surface area contributed by atoms with E-state index in [1.807, 2.05) is 19.9 Å². The van der Waals surface area contributed by atoms with Gasteiger partial charge in [0.1, 0.15) is 5.76 Å². The second-order valence-electron chi connectivity index (χ2n) is 6.37. The van der Waals surface area contributed by atoms with Gasteiger partial charge in [0.25, 0.3) is 0 Å². The molecule has 0 unspecified atom stereocenters. The Balaban J connectivity index is 1.86. The fraction of sp³-hybridized carbons (Fsp3) is 0.238. The molecule has 0 saturated heterocycles. The summed E-state index contributed by atoms with van der Waals surface area (Å²) in [6, 6.07) is 8.81. The predicted molar refractivity (Wildman–Crippen MR) is 110 cm³/mol. The van der Waals surface area contributed by atoms with Gasteiger partial charge in [0.05, 0.1) is 42.2 Å². The lowest BCUT2D eigenvalue weighted by atomic mass is 10.1. The highest BCUT2D eigenvalue weighted by atomic mass is 35.5. The van der Waals surface area contributed by atoms with Crippen molar-refractivity contribution >= 4 is 29.1 Å². The molecule has 0 N–H and O–H groups in total. The summed E-state index contributed by atoms with van der Waals surface area (Å²) in [7, 11) is 0. The number of amides is 1. The number of carbonyl (C=O) groups excluding carboxylic acids is 1. The van der Waals surface area contributed by atoms with Gasteiger partial charge in [-0.25, -0.2) is 4.68 Å². The number of benzene rings is 1. The molecule has 144 valence electrons. The fourth-order valence-electron chi connectivity index (χ4n) is 3.01. The molecule has 5 nitrogen and oxygen atoms in total. The van der Waals surface area contributed by atoms with E-state index in [0.29, 0.717) is 28.0 Å². The van der Waals surface area contributed by atoms with Crippen LogP contribution >= 0.6 is 23.2 Å². The zero-order chi connectivity index (χ0) is 20.3. The lowest BCUT2D eigenvalue weighted by Gasteiger charge is -2.19. The summed E-state index contributed by atoms with van der Waals surface area (Å²) < 4.78 is 7.07. The van der Waals surface area contributed by atoms with Crippen molar-refractivity contribution in [3.05, 3.63) is 69.4 Å². The van der Waals surface area contributed by atoms with Crippen LogP contribution in [0.3, 0.4) is 0 Å². The number of aromatic nitrogens is 2. The highest BCUT2D eigenvalue weighted by molar-refractivity contribution is 6.35. The summed E-state index contributed by atoms with van der Waals surface area (Å²) in [5.74, 6) is 3.12. The zero-order valence-electron chi connectivity index (χ0n) is 15.6. The van der Waals surface area contributed by atoms with E-state index in [4.69, 9.17) is 34.0 Å². The fourth-order valence-corrected chi connectivity index (χ4v) is 3.50. The van der Waals surface area contributed by atoms with Crippen LogP contribution in [0.4, 0.5) is 0 Å². The van der Waals surface area contributed by atoms with Gasteiger partial charge in [-0.3, -0.25) is 4.79 Å². The largest absolute Gasteiger partial charge is 0.467 e. The van der Waals surface area contributed by atoms with Crippen LogP contribution in [0.5, 0.6) is 0 Å². The second kappa shape index (κ2) is 8.55. The van der Waals surface area contributed by atoms with Gasteiger partial charge in [0.15, 0.2) is 0 Å². The van der Waals surface area contributed by atoms with Crippen molar-refractivity contribution in [3.8, 4) is 18.0 Å².